The summed E-state index contributed by atoms with van der Waals surface area (Å²) in [6.45, 7) is 2.12. The molecular formula is C16H15NO. The number of aromatic nitrogens is 1. The van der Waals surface area contributed by atoms with E-state index in [2.05, 4.69) is 24.0 Å². The molecule has 0 unspecified atom stereocenters. The zero-order valence-corrected chi connectivity index (χ0v) is 10.4. The lowest BCUT2D eigenvalue weighted by atomic mass is 10.0. The van der Waals surface area contributed by atoms with Crippen LogP contribution in [0.2, 0.25) is 0 Å². The summed E-state index contributed by atoms with van der Waals surface area (Å²) in [6, 6.07) is 13.8. The Morgan fingerprint density at radius 3 is 2.72 bits per heavy atom. The van der Waals surface area contributed by atoms with E-state index >= 15 is 0 Å². The zero-order valence-electron chi connectivity index (χ0n) is 10.4. The molecule has 3 aromatic rings. The third-order valence-corrected chi connectivity index (χ3v) is 3.30. The van der Waals surface area contributed by atoms with Crippen LogP contribution in [0.4, 0.5) is 0 Å². The molecule has 0 fully saturated rings. The molecule has 0 spiro atoms. The summed E-state index contributed by atoms with van der Waals surface area (Å²) in [4.78, 5) is 15.5. The SMILES string of the molecule is CCCc1cc(=O)c2ccc3ccccc3c2[nH]1. The normalized spacial score (nSPS) is 11.2. The number of rotatable bonds is 2. The van der Waals surface area contributed by atoms with Crippen molar-refractivity contribution in [3.63, 3.8) is 0 Å². The van der Waals surface area contributed by atoms with Gasteiger partial charge >= 0.3 is 0 Å². The van der Waals surface area contributed by atoms with Gasteiger partial charge in [-0.3, -0.25) is 4.79 Å². The molecule has 2 aromatic carbocycles. The minimum atomic E-state index is 0.109. The molecule has 0 aliphatic carbocycles. The summed E-state index contributed by atoms with van der Waals surface area (Å²) >= 11 is 0. The molecule has 18 heavy (non-hydrogen) atoms. The summed E-state index contributed by atoms with van der Waals surface area (Å²) in [7, 11) is 0. The van der Waals surface area contributed by atoms with Crippen molar-refractivity contribution in [2.75, 3.05) is 0 Å². The lowest BCUT2D eigenvalue weighted by molar-refractivity contribution is 0.889. The summed E-state index contributed by atoms with van der Waals surface area (Å²) in [5, 5.41) is 3.05. The van der Waals surface area contributed by atoms with Gasteiger partial charge in [-0.2, -0.15) is 0 Å². The van der Waals surface area contributed by atoms with Gasteiger partial charge in [0, 0.05) is 22.5 Å². The second-order valence-electron chi connectivity index (χ2n) is 4.62. The highest BCUT2D eigenvalue weighted by Crippen LogP contribution is 2.21. The third-order valence-electron chi connectivity index (χ3n) is 3.30. The Balaban J connectivity index is 2.44. The molecule has 0 bridgehead atoms. The first-order valence-corrected chi connectivity index (χ1v) is 6.33. The van der Waals surface area contributed by atoms with Crippen molar-refractivity contribution in [3.05, 3.63) is 58.4 Å². The number of aryl methyl sites for hydroxylation is 1. The quantitative estimate of drug-likeness (QED) is 0.678. The number of benzene rings is 2. The Labute approximate surface area is 105 Å². The molecule has 0 aliphatic heterocycles. The summed E-state index contributed by atoms with van der Waals surface area (Å²) in [5.41, 5.74) is 2.09. The largest absolute Gasteiger partial charge is 0.358 e. The van der Waals surface area contributed by atoms with E-state index in [9.17, 15) is 4.79 Å². The smallest absolute Gasteiger partial charge is 0.189 e. The van der Waals surface area contributed by atoms with Crippen molar-refractivity contribution in [1.29, 1.82) is 0 Å². The van der Waals surface area contributed by atoms with Gasteiger partial charge < -0.3 is 4.98 Å². The maximum atomic E-state index is 12.1. The van der Waals surface area contributed by atoms with E-state index in [0.29, 0.717) is 0 Å². The van der Waals surface area contributed by atoms with Crippen LogP contribution in [0.3, 0.4) is 0 Å². The van der Waals surface area contributed by atoms with Crippen LogP contribution in [0.1, 0.15) is 19.0 Å². The minimum Gasteiger partial charge on any atom is -0.358 e. The molecule has 1 aromatic heterocycles. The minimum absolute atomic E-state index is 0.109. The molecule has 0 saturated carbocycles. The highest BCUT2D eigenvalue weighted by atomic mass is 16.1. The zero-order chi connectivity index (χ0) is 12.5. The van der Waals surface area contributed by atoms with Crippen molar-refractivity contribution in [3.8, 4) is 0 Å². The Bertz CT molecular complexity index is 771. The van der Waals surface area contributed by atoms with E-state index in [1.54, 1.807) is 6.07 Å². The van der Waals surface area contributed by atoms with Crippen LogP contribution in [-0.2, 0) is 6.42 Å². The van der Waals surface area contributed by atoms with Crippen molar-refractivity contribution >= 4 is 21.7 Å². The molecule has 1 N–H and O–H groups in total. The second-order valence-corrected chi connectivity index (χ2v) is 4.62. The Morgan fingerprint density at radius 2 is 1.89 bits per heavy atom. The lowest BCUT2D eigenvalue weighted by Crippen LogP contribution is -2.05. The fraction of sp³-hybridized carbons (Fsp3) is 0.188. The molecule has 0 aliphatic rings. The lowest BCUT2D eigenvalue weighted by Gasteiger charge is -2.06. The van der Waals surface area contributed by atoms with Gasteiger partial charge in [0.05, 0.1) is 5.52 Å². The van der Waals surface area contributed by atoms with Gasteiger partial charge in [-0.15, -0.1) is 0 Å². The fourth-order valence-corrected chi connectivity index (χ4v) is 2.45. The summed E-state index contributed by atoms with van der Waals surface area (Å²) < 4.78 is 0. The van der Waals surface area contributed by atoms with Gasteiger partial charge in [-0.25, -0.2) is 0 Å². The fourth-order valence-electron chi connectivity index (χ4n) is 2.45. The first-order valence-electron chi connectivity index (χ1n) is 6.33. The first kappa shape index (κ1) is 11.0. The number of fused-ring (bicyclic) bond motifs is 3. The topological polar surface area (TPSA) is 32.9 Å². The number of H-pyrrole nitrogens is 1. The Morgan fingerprint density at radius 1 is 1.06 bits per heavy atom. The summed E-state index contributed by atoms with van der Waals surface area (Å²) in [5.74, 6) is 0. The molecule has 0 amide bonds. The van der Waals surface area contributed by atoms with E-state index < -0.39 is 0 Å². The molecule has 0 radical (unpaired) electrons. The number of hydrogen-bond acceptors (Lipinski definition) is 1. The third kappa shape index (κ3) is 1.70. The maximum Gasteiger partial charge on any atom is 0.189 e. The van der Waals surface area contributed by atoms with Gasteiger partial charge in [0.25, 0.3) is 0 Å². The molecule has 0 atom stereocenters. The Hall–Kier alpha value is -2.09. The standard InChI is InChI=1S/C16H15NO/c1-2-5-12-10-15(18)14-9-8-11-6-3-4-7-13(11)16(14)17-12/h3-4,6-10H,2,5H2,1H3,(H,17,18). The van der Waals surface area contributed by atoms with Gasteiger partial charge in [0.1, 0.15) is 0 Å². The molecule has 2 heteroatoms. The predicted octanol–water partition coefficient (Wildman–Crippen LogP) is 3.63. The van der Waals surface area contributed by atoms with Crippen LogP contribution in [0.5, 0.6) is 0 Å². The average Bonchev–Trinajstić information content (AvgIpc) is 2.39. The highest BCUT2D eigenvalue weighted by molar-refractivity contribution is 6.04. The van der Waals surface area contributed by atoms with E-state index in [4.69, 9.17) is 0 Å². The van der Waals surface area contributed by atoms with Gasteiger partial charge in [0.2, 0.25) is 0 Å². The van der Waals surface area contributed by atoms with Crippen LogP contribution < -0.4 is 5.43 Å². The average molecular weight is 237 g/mol. The Kier molecular flexibility index (Phi) is 2.63. The highest BCUT2D eigenvalue weighted by Gasteiger charge is 2.05. The molecular weight excluding hydrogens is 222 g/mol. The van der Waals surface area contributed by atoms with Crippen LogP contribution in [0, 0.1) is 0 Å². The van der Waals surface area contributed by atoms with E-state index in [1.807, 2.05) is 24.3 Å². The van der Waals surface area contributed by atoms with Crippen molar-refractivity contribution in [2.24, 2.45) is 0 Å². The van der Waals surface area contributed by atoms with Gasteiger partial charge in [0.15, 0.2) is 5.43 Å². The van der Waals surface area contributed by atoms with Crippen molar-refractivity contribution in [2.45, 2.75) is 19.8 Å². The first-order chi connectivity index (χ1) is 8.79. The van der Waals surface area contributed by atoms with Crippen LogP contribution in [0.25, 0.3) is 21.7 Å². The molecule has 0 saturated heterocycles. The molecule has 3 rings (SSSR count). The predicted molar refractivity (Wildman–Crippen MR) is 76.1 cm³/mol. The van der Waals surface area contributed by atoms with Gasteiger partial charge in [-0.1, -0.05) is 43.7 Å². The van der Waals surface area contributed by atoms with Crippen LogP contribution >= 0.6 is 0 Å². The summed E-state index contributed by atoms with van der Waals surface area (Å²) in [6.07, 6.45) is 1.95. The van der Waals surface area contributed by atoms with Crippen LogP contribution in [0.15, 0.2) is 47.3 Å². The molecule has 1 heterocycles. The van der Waals surface area contributed by atoms with Crippen molar-refractivity contribution < 1.29 is 0 Å². The van der Waals surface area contributed by atoms with E-state index in [-0.39, 0.29) is 5.43 Å². The van der Waals surface area contributed by atoms with E-state index in [0.717, 1.165) is 40.2 Å². The van der Waals surface area contributed by atoms with Crippen molar-refractivity contribution in [1.82, 2.24) is 4.98 Å². The molecule has 90 valence electrons. The monoisotopic (exact) mass is 237 g/mol. The second kappa shape index (κ2) is 4.30. The number of pyridine rings is 1. The maximum absolute atomic E-state index is 12.1. The number of nitrogens with one attached hydrogen (secondary N) is 1. The van der Waals surface area contributed by atoms with Crippen LogP contribution in [-0.4, -0.2) is 4.98 Å². The van der Waals surface area contributed by atoms with E-state index in [1.165, 1.54) is 0 Å². The number of hydrogen-bond donors (Lipinski definition) is 1. The molecule has 2 nitrogen and oxygen atoms in total. The van der Waals surface area contributed by atoms with Gasteiger partial charge in [-0.05, 0) is 17.9 Å². The number of aromatic amines is 1.